The molecular weight excluding hydrogens is 403 g/mol. The van der Waals surface area contributed by atoms with Crippen molar-refractivity contribution in [2.45, 2.75) is 38.6 Å². The molecule has 0 saturated carbocycles. The lowest BCUT2D eigenvalue weighted by atomic mass is 9.78. The topological polar surface area (TPSA) is 65.5 Å². The minimum absolute atomic E-state index is 0. The smallest absolute Gasteiger partial charge is 0.239 e. The first-order chi connectivity index (χ1) is 10.4. The molecule has 1 amide bonds. The lowest BCUT2D eigenvalue weighted by Gasteiger charge is -2.30. The molecule has 1 atom stereocenters. The third kappa shape index (κ3) is 6.01. The van der Waals surface area contributed by atoms with E-state index >= 15 is 0 Å². The molecule has 3 N–H and O–H groups in total. The van der Waals surface area contributed by atoms with E-state index in [-0.39, 0.29) is 42.0 Å². The number of halogens is 1. The summed E-state index contributed by atoms with van der Waals surface area (Å²) < 4.78 is 0. The Morgan fingerprint density at radius 3 is 2.57 bits per heavy atom. The molecule has 1 aromatic rings. The zero-order valence-corrected chi connectivity index (χ0v) is 16.6. The summed E-state index contributed by atoms with van der Waals surface area (Å²) in [5.74, 6) is 1.15. The Kier molecular flexibility index (Phi) is 7.31. The summed E-state index contributed by atoms with van der Waals surface area (Å²) in [6.45, 7) is 6.94. The van der Waals surface area contributed by atoms with E-state index in [1.165, 1.54) is 11.1 Å². The highest BCUT2D eigenvalue weighted by Crippen LogP contribution is 2.33. The summed E-state index contributed by atoms with van der Waals surface area (Å²) in [6.07, 6.45) is 1.10. The van der Waals surface area contributed by atoms with E-state index in [4.69, 9.17) is 0 Å². The Balaban J connectivity index is 0.00000264. The SMILES string of the molecule is CN=C(NCC(=O)NC(C)(C)C)NCC1Cc2ccccc21.I. The van der Waals surface area contributed by atoms with E-state index in [0.717, 1.165) is 13.0 Å². The van der Waals surface area contributed by atoms with Crippen LogP contribution in [0.2, 0.25) is 0 Å². The van der Waals surface area contributed by atoms with Crippen LogP contribution in [0.4, 0.5) is 0 Å². The highest BCUT2D eigenvalue weighted by atomic mass is 127. The number of hydrogen-bond acceptors (Lipinski definition) is 2. The highest BCUT2D eigenvalue weighted by molar-refractivity contribution is 14.0. The molecular formula is C17H27IN4O. The maximum Gasteiger partial charge on any atom is 0.239 e. The number of guanidine groups is 1. The van der Waals surface area contributed by atoms with E-state index in [1.54, 1.807) is 7.05 Å². The number of amides is 1. The molecule has 0 heterocycles. The first kappa shape index (κ1) is 19.7. The van der Waals surface area contributed by atoms with Crippen molar-refractivity contribution < 1.29 is 4.79 Å². The molecule has 0 spiro atoms. The molecule has 1 aliphatic rings. The minimum Gasteiger partial charge on any atom is -0.356 e. The molecule has 0 aliphatic heterocycles. The van der Waals surface area contributed by atoms with Gasteiger partial charge in [0, 0.05) is 25.0 Å². The van der Waals surface area contributed by atoms with Crippen LogP contribution in [-0.2, 0) is 11.2 Å². The Bertz CT molecular complexity index is 566. The number of nitrogens with one attached hydrogen (secondary N) is 3. The van der Waals surface area contributed by atoms with Crippen molar-refractivity contribution in [2.24, 2.45) is 4.99 Å². The van der Waals surface area contributed by atoms with Crippen LogP contribution in [0.15, 0.2) is 29.3 Å². The van der Waals surface area contributed by atoms with Crippen LogP contribution in [0.25, 0.3) is 0 Å². The number of aliphatic imine (C=N–C) groups is 1. The molecule has 0 saturated heterocycles. The maximum absolute atomic E-state index is 11.8. The molecule has 0 fully saturated rings. The second kappa shape index (κ2) is 8.52. The van der Waals surface area contributed by atoms with Crippen LogP contribution in [0.5, 0.6) is 0 Å². The molecule has 23 heavy (non-hydrogen) atoms. The number of fused-ring (bicyclic) bond motifs is 1. The summed E-state index contributed by atoms with van der Waals surface area (Å²) in [5.41, 5.74) is 2.63. The van der Waals surface area contributed by atoms with Crippen molar-refractivity contribution >= 4 is 35.8 Å². The minimum atomic E-state index is -0.217. The second-order valence-electron chi connectivity index (χ2n) is 6.70. The third-order valence-electron chi connectivity index (χ3n) is 3.63. The predicted molar refractivity (Wildman–Crippen MR) is 106 cm³/mol. The lowest BCUT2D eigenvalue weighted by molar-refractivity contribution is -0.121. The van der Waals surface area contributed by atoms with Gasteiger partial charge in [-0.25, -0.2) is 0 Å². The normalized spacial score (nSPS) is 16.5. The van der Waals surface area contributed by atoms with Crippen LogP contribution in [0.3, 0.4) is 0 Å². The zero-order chi connectivity index (χ0) is 16.2. The van der Waals surface area contributed by atoms with Gasteiger partial charge in [-0.05, 0) is 38.3 Å². The Labute approximate surface area is 155 Å². The van der Waals surface area contributed by atoms with Crippen molar-refractivity contribution in [1.29, 1.82) is 0 Å². The van der Waals surface area contributed by atoms with E-state index < -0.39 is 0 Å². The van der Waals surface area contributed by atoms with Gasteiger partial charge in [-0.3, -0.25) is 9.79 Å². The van der Waals surface area contributed by atoms with Crippen molar-refractivity contribution in [3.8, 4) is 0 Å². The molecule has 128 valence electrons. The van der Waals surface area contributed by atoms with Crippen molar-refractivity contribution in [3.63, 3.8) is 0 Å². The van der Waals surface area contributed by atoms with Gasteiger partial charge in [0.15, 0.2) is 5.96 Å². The van der Waals surface area contributed by atoms with Crippen LogP contribution in [-0.4, -0.2) is 37.5 Å². The number of rotatable bonds is 4. The first-order valence-electron chi connectivity index (χ1n) is 7.72. The van der Waals surface area contributed by atoms with Gasteiger partial charge in [-0.2, -0.15) is 0 Å². The fraction of sp³-hybridized carbons (Fsp3) is 0.529. The van der Waals surface area contributed by atoms with Crippen LogP contribution < -0.4 is 16.0 Å². The molecule has 0 aromatic heterocycles. The summed E-state index contributed by atoms with van der Waals surface area (Å²) in [7, 11) is 1.71. The summed E-state index contributed by atoms with van der Waals surface area (Å²) in [6, 6.07) is 8.51. The third-order valence-corrected chi connectivity index (χ3v) is 3.63. The first-order valence-corrected chi connectivity index (χ1v) is 7.72. The van der Waals surface area contributed by atoms with E-state index in [2.05, 4.69) is 45.2 Å². The summed E-state index contributed by atoms with van der Waals surface area (Å²) >= 11 is 0. The number of benzene rings is 1. The lowest BCUT2D eigenvalue weighted by Crippen LogP contribution is -2.48. The van der Waals surface area contributed by atoms with Crippen molar-refractivity contribution in [3.05, 3.63) is 35.4 Å². The molecule has 1 aromatic carbocycles. The molecule has 1 aliphatic carbocycles. The monoisotopic (exact) mass is 430 g/mol. The standard InChI is InChI=1S/C17H26N4O.HI/c1-17(2,3)21-15(22)11-20-16(18-4)19-10-13-9-12-7-5-6-8-14(12)13;/h5-8,13H,9-11H2,1-4H3,(H,21,22)(H2,18,19,20);1H. The average Bonchev–Trinajstić information content (AvgIpc) is 2.41. The van der Waals surface area contributed by atoms with Gasteiger partial charge in [0.1, 0.15) is 0 Å². The average molecular weight is 430 g/mol. The van der Waals surface area contributed by atoms with Crippen molar-refractivity contribution in [1.82, 2.24) is 16.0 Å². The molecule has 0 bridgehead atoms. The van der Waals surface area contributed by atoms with Crippen molar-refractivity contribution in [2.75, 3.05) is 20.1 Å². The second-order valence-corrected chi connectivity index (χ2v) is 6.70. The Morgan fingerprint density at radius 1 is 1.26 bits per heavy atom. The van der Waals surface area contributed by atoms with E-state index in [0.29, 0.717) is 11.9 Å². The molecule has 2 rings (SSSR count). The number of nitrogens with zero attached hydrogens (tertiary/aromatic N) is 1. The van der Waals surface area contributed by atoms with Gasteiger partial charge >= 0.3 is 0 Å². The fourth-order valence-corrected chi connectivity index (χ4v) is 2.61. The zero-order valence-electron chi connectivity index (χ0n) is 14.3. The van der Waals surface area contributed by atoms with Crippen LogP contribution in [0, 0.1) is 0 Å². The van der Waals surface area contributed by atoms with Gasteiger partial charge in [-0.1, -0.05) is 24.3 Å². The van der Waals surface area contributed by atoms with Crippen LogP contribution >= 0.6 is 24.0 Å². The van der Waals surface area contributed by atoms with Gasteiger partial charge in [-0.15, -0.1) is 24.0 Å². The fourth-order valence-electron chi connectivity index (χ4n) is 2.61. The number of hydrogen-bond donors (Lipinski definition) is 3. The number of carbonyl (C=O) groups is 1. The Morgan fingerprint density at radius 2 is 1.96 bits per heavy atom. The summed E-state index contributed by atoms with van der Waals surface area (Å²) in [4.78, 5) is 15.9. The summed E-state index contributed by atoms with van der Waals surface area (Å²) in [5, 5.41) is 9.25. The van der Waals surface area contributed by atoms with Gasteiger partial charge in [0.25, 0.3) is 0 Å². The molecule has 5 nitrogen and oxygen atoms in total. The number of carbonyl (C=O) groups excluding carboxylic acids is 1. The Hall–Kier alpha value is -1.31. The van der Waals surface area contributed by atoms with E-state index in [1.807, 2.05) is 20.8 Å². The molecule has 1 unspecified atom stereocenters. The molecule has 6 heteroatoms. The van der Waals surface area contributed by atoms with Gasteiger partial charge < -0.3 is 16.0 Å². The van der Waals surface area contributed by atoms with Crippen LogP contribution in [0.1, 0.15) is 37.8 Å². The highest BCUT2D eigenvalue weighted by Gasteiger charge is 2.25. The van der Waals surface area contributed by atoms with E-state index in [9.17, 15) is 4.79 Å². The molecule has 0 radical (unpaired) electrons. The maximum atomic E-state index is 11.8. The predicted octanol–water partition coefficient (Wildman–Crippen LogP) is 2.02. The van der Waals surface area contributed by atoms with Gasteiger partial charge in [0.2, 0.25) is 5.91 Å². The largest absolute Gasteiger partial charge is 0.356 e. The van der Waals surface area contributed by atoms with Gasteiger partial charge in [0.05, 0.1) is 6.54 Å². The quantitative estimate of drug-likeness (QED) is 0.389.